The van der Waals surface area contributed by atoms with E-state index in [9.17, 15) is 14.4 Å². The third kappa shape index (κ3) is 14.5. The number of para-hydroxylation sites is 2. The average Bonchev–Trinajstić information content (AvgIpc) is 4.08. The summed E-state index contributed by atoms with van der Waals surface area (Å²) < 4.78 is 18.1. The van der Waals surface area contributed by atoms with Gasteiger partial charge >= 0.3 is 35.5 Å². The number of benzene rings is 2. The number of hydrogen-bond donors (Lipinski definition) is 7. The number of aromatic nitrogens is 14. The molecule has 0 fully saturated rings. The summed E-state index contributed by atoms with van der Waals surface area (Å²) in [4.78, 5) is 54.5. The van der Waals surface area contributed by atoms with E-state index in [1.807, 2.05) is 38.1 Å². The number of anilines is 8. The van der Waals surface area contributed by atoms with Gasteiger partial charge in [0.1, 0.15) is 34.7 Å². The molecule has 8 N–H and O–H groups in total. The summed E-state index contributed by atoms with van der Waals surface area (Å²) in [5, 5.41) is 53.3. The molecule has 27 nitrogen and oxygen atoms in total. The van der Waals surface area contributed by atoms with E-state index in [-0.39, 0.29) is 59.1 Å². The smallest absolute Gasteiger partial charge is 0.870 e. The van der Waals surface area contributed by atoms with E-state index in [0.717, 1.165) is 17.0 Å². The van der Waals surface area contributed by atoms with Crippen molar-refractivity contribution in [2.75, 3.05) is 49.6 Å². The predicted molar refractivity (Wildman–Crippen MR) is 275 cm³/mol. The Morgan fingerprint density at radius 2 is 1.11 bits per heavy atom. The Bertz CT molecular complexity index is 3270. The summed E-state index contributed by atoms with van der Waals surface area (Å²) in [6, 6.07) is 17.8. The molecule has 0 aliphatic rings. The molecule has 0 saturated heterocycles. The molecule has 0 bridgehead atoms. The van der Waals surface area contributed by atoms with Gasteiger partial charge in [-0.1, -0.05) is 17.3 Å². The van der Waals surface area contributed by atoms with Crippen LogP contribution in [0.5, 0.6) is 11.5 Å². The van der Waals surface area contributed by atoms with Gasteiger partial charge in [0, 0.05) is 60.9 Å². The second-order valence-corrected chi connectivity index (χ2v) is 17.1. The van der Waals surface area contributed by atoms with Crippen LogP contribution in [0.15, 0.2) is 73.1 Å². The molecule has 0 aliphatic carbocycles. The molecule has 28 heteroatoms. The zero-order valence-corrected chi connectivity index (χ0v) is 45.8. The summed E-state index contributed by atoms with van der Waals surface area (Å²) >= 11 is 0. The summed E-state index contributed by atoms with van der Waals surface area (Å²) in [6.45, 7) is 12.6. The van der Waals surface area contributed by atoms with Crippen LogP contribution >= 0.6 is 0 Å². The number of aromatic amines is 1. The topological polar surface area (TPSA) is 356 Å². The van der Waals surface area contributed by atoms with E-state index in [2.05, 4.69) is 98.0 Å². The minimum Gasteiger partial charge on any atom is -0.870 e. The van der Waals surface area contributed by atoms with Crippen molar-refractivity contribution in [1.82, 2.24) is 81.4 Å². The maximum absolute atomic E-state index is 12.6. The number of methoxy groups -OCH3 is 2. The first-order valence-corrected chi connectivity index (χ1v) is 22.7. The van der Waals surface area contributed by atoms with E-state index in [1.165, 1.54) is 25.9 Å². The fraction of sp³-hybridized carbons (Fsp3) is 0.271. The molecule has 2 amide bonds. The van der Waals surface area contributed by atoms with Crippen LogP contribution in [0.4, 0.5) is 46.0 Å². The Morgan fingerprint density at radius 1 is 0.618 bits per heavy atom. The van der Waals surface area contributed by atoms with Crippen molar-refractivity contribution < 1.29 is 63.6 Å². The first kappa shape index (κ1) is 58.1. The van der Waals surface area contributed by atoms with E-state index in [1.54, 1.807) is 90.5 Å². The Kier molecular flexibility index (Phi) is 19.8. The number of nitrogens with zero attached hydrogens (tertiary/aromatic N) is 13. The Hall–Kier alpha value is -8.79. The van der Waals surface area contributed by atoms with E-state index in [4.69, 9.17) is 14.2 Å². The molecule has 8 rings (SSSR count). The van der Waals surface area contributed by atoms with Crippen molar-refractivity contribution in [3.8, 4) is 34.0 Å². The molecule has 0 unspecified atom stereocenters. The van der Waals surface area contributed by atoms with Crippen LogP contribution in [0, 0.1) is 33.1 Å². The molecular formula is C48H55N20NaO7. The van der Waals surface area contributed by atoms with Gasteiger partial charge in [-0.3, -0.25) is 14.4 Å². The molecule has 6 heterocycles. The van der Waals surface area contributed by atoms with Crippen molar-refractivity contribution in [3.05, 3.63) is 107 Å². The normalized spacial score (nSPS) is 10.6. The zero-order valence-electron chi connectivity index (χ0n) is 43.8. The summed E-state index contributed by atoms with van der Waals surface area (Å²) in [6.07, 6.45) is 3.24. The molecule has 0 spiro atoms. The molecule has 390 valence electrons. The Morgan fingerprint density at radius 3 is 1.53 bits per heavy atom. The van der Waals surface area contributed by atoms with Gasteiger partial charge in [0.05, 0.1) is 54.8 Å². The summed E-state index contributed by atoms with van der Waals surface area (Å²) in [5.41, 5.74) is 5.57. The molecule has 76 heavy (non-hydrogen) atoms. The number of hydrogen-bond acceptors (Lipinski definition) is 23. The first-order chi connectivity index (χ1) is 35.5. The van der Waals surface area contributed by atoms with Crippen LogP contribution in [-0.4, -0.2) is 122 Å². The number of carbonyl (C=O) groups excluding carboxylic acids is 3. The van der Waals surface area contributed by atoms with Gasteiger partial charge in [0.15, 0.2) is 41.3 Å². The molecule has 2 aromatic carbocycles. The predicted octanol–water partition coefficient (Wildman–Crippen LogP) is 2.90. The number of rotatable bonds is 16. The fourth-order valence-corrected chi connectivity index (χ4v) is 7.05. The van der Waals surface area contributed by atoms with Gasteiger partial charge in [-0.25, -0.2) is 24.6 Å². The van der Waals surface area contributed by atoms with Gasteiger partial charge in [-0.15, -0.1) is 25.5 Å². The number of carbonyl (C=O) groups is 3. The van der Waals surface area contributed by atoms with Crippen LogP contribution in [0.1, 0.15) is 64.8 Å². The fourth-order valence-electron chi connectivity index (χ4n) is 7.05. The maximum atomic E-state index is 12.6. The van der Waals surface area contributed by atoms with Gasteiger partial charge < -0.3 is 51.6 Å². The molecule has 0 radical (unpaired) electrons. The summed E-state index contributed by atoms with van der Waals surface area (Å²) in [7, 11) is 6.12. The number of aryl methyl sites for hydroxylation is 4. The van der Waals surface area contributed by atoms with Crippen LogP contribution in [-0.2, 0) is 16.3 Å². The van der Waals surface area contributed by atoms with E-state index < -0.39 is 17.2 Å². The number of ether oxygens (including phenoxy) is 3. The van der Waals surface area contributed by atoms with Crippen LogP contribution in [0.3, 0.4) is 0 Å². The Balaban J connectivity index is 0.000000279. The number of H-pyrrole nitrogens is 1. The SMILES string of the molecule is CNC(=O)c1nnc(Nc2cc(C)nc(C)n2)cc1Nc1cccc(-c2cn(COC(=O)C(C)(C)C)nn2)c1OC.CNC(=O)c1nnc(Nc2cc(C)nc(C)n2)cc1Nc1cccc(-c2cn[nH]n2)c1OC.[Na+].[OH-]. The third-order valence-corrected chi connectivity index (χ3v) is 10.3. The van der Waals surface area contributed by atoms with Gasteiger partial charge in [-0.05, 0) is 72.7 Å². The van der Waals surface area contributed by atoms with Crippen LogP contribution < -0.4 is 70.9 Å². The van der Waals surface area contributed by atoms with Crippen molar-refractivity contribution in [3.63, 3.8) is 0 Å². The second kappa shape index (κ2) is 25.9. The summed E-state index contributed by atoms with van der Waals surface area (Å²) in [5.74, 6) is 2.90. The number of amides is 2. The van der Waals surface area contributed by atoms with Crippen molar-refractivity contribution in [2.24, 2.45) is 5.41 Å². The van der Waals surface area contributed by atoms with Gasteiger partial charge in [0.2, 0.25) is 0 Å². The molecule has 0 saturated carbocycles. The molecule has 8 aromatic rings. The van der Waals surface area contributed by atoms with Crippen molar-refractivity contribution in [2.45, 2.75) is 55.2 Å². The standard InChI is InChI=1S/C27H32N10O4.C21H22N10O2.Na.H2O/c1-15-11-21(30-16(2)29-15)32-22-12-19(23(35-34-22)25(38)28-6)31-18-10-8-9-17(24(18)40-7)20-13-37(36-33-20)14-41-26(39)27(3,4)5;1-11-8-17(25-12(2)24-11)27-18-9-15(19(30-29-18)21(32)22-3)26-14-7-5-6-13(20(14)33-4)16-10-23-31-28-16;;/h8-13H,14H2,1-7H3,(H,28,38)(H2,29,30,31,32,34);5-10H,1-4H3,(H,22,32)(H,23,28,31)(H2,24,25,26,27,29);;1H2/q;;+1;/p-1. The van der Waals surface area contributed by atoms with Crippen molar-refractivity contribution in [1.29, 1.82) is 0 Å². The minimum absolute atomic E-state index is 0. The van der Waals surface area contributed by atoms with Crippen LogP contribution in [0.2, 0.25) is 0 Å². The molecule has 0 aliphatic heterocycles. The van der Waals surface area contributed by atoms with Gasteiger partial charge in [0.25, 0.3) is 11.8 Å². The second-order valence-electron chi connectivity index (χ2n) is 17.1. The van der Waals surface area contributed by atoms with Crippen molar-refractivity contribution >= 4 is 63.8 Å². The number of esters is 1. The van der Waals surface area contributed by atoms with E-state index >= 15 is 0 Å². The first-order valence-electron chi connectivity index (χ1n) is 22.7. The molecular weight excluding hydrogens is 992 g/mol. The molecule has 6 aromatic heterocycles. The third-order valence-electron chi connectivity index (χ3n) is 10.3. The Labute approximate surface area is 458 Å². The minimum atomic E-state index is -0.635. The average molecular weight is 1050 g/mol. The maximum Gasteiger partial charge on any atom is 1.00 e. The largest absolute Gasteiger partial charge is 1.00 e. The van der Waals surface area contributed by atoms with E-state index in [0.29, 0.717) is 86.1 Å². The zero-order chi connectivity index (χ0) is 53.1. The number of nitrogens with one attached hydrogen (secondary N) is 7. The quantitative estimate of drug-likeness (QED) is 0.0540. The molecule has 0 atom stereocenters. The monoisotopic (exact) mass is 1050 g/mol. The van der Waals surface area contributed by atoms with Crippen LogP contribution in [0.25, 0.3) is 22.5 Å². The van der Waals surface area contributed by atoms with Gasteiger partial charge in [-0.2, -0.15) is 15.4 Å².